The van der Waals surface area contributed by atoms with Crippen LogP contribution >= 0.6 is 34.8 Å². The van der Waals surface area contributed by atoms with Crippen LogP contribution < -0.4 is 0 Å². The minimum atomic E-state index is -0.0160. The number of aliphatic hydroxyl groups is 1. The molecule has 13 heavy (non-hydrogen) atoms. The summed E-state index contributed by atoms with van der Waals surface area (Å²) in [5, 5.41) is 9.71. The largest absolute Gasteiger partial charge is 0.392 e. The molecular weight excluding hydrogens is 230 g/mol. The predicted molar refractivity (Wildman–Crippen MR) is 57.6 cm³/mol. The third kappa shape index (κ3) is 2.89. The van der Waals surface area contributed by atoms with Crippen LogP contribution in [0.4, 0.5) is 0 Å². The van der Waals surface area contributed by atoms with Crippen molar-refractivity contribution in [1.29, 1.82) is 0 Å². The van der Waals surface area contributed by atoms with E-state index in [1.165, 1.54) is 0 Å². The highest BCUT2D eigenvalue weighted by Gasteiger charge is 2.03. The lowest BCUT2D eigenvalue weighted by Gasteiger charge is -2.00. The third-order valence-electron chi connectivity index (χ3n) is 1.42. The second kappa shape index (κ2) is 4.87. The first kappa shape index (κ1) is 10.9. The van der Waals surface area contributed by atoms with Crippen LogP contribution in [0.25, 0.3) is 6.08 Å². The van der Waals surface area contributed by atoms with Crippen molar-refractivity contribution in [3.63, 3.8) is 0 Å². The van der Waals surface area contributed by atoms with Crippen molar-refractivity contribution >= 4 is 40.9 Å². The average Bonchev–Trinajstić information content (AvgIpc) is 2.10. The average molecular weight is 238 g/mol. The molecule has 1 aromatic carbocycles. The number of hydrogen-bond acceptors (Lipinski definition) is 1. The molecule has 0 unspecified atom stereocenters. The molecule has 70 valence electrons. The quantitative estimate of drug-likeness (QED) is 0.779. The summed E-state index contributed by atoms with van der Waals surface area (Å²) in [5.41, 5.74) is 0.813. The van der Waals surface area contributed by atoms with Crippen LogP contribution in [0.15, 0.2) is 18.2 Å². The van der Waals surface area contributed by atoms with E-state index < -0.39 is 0 Å². The van der Waals surface area contributed by atoms with Gasteiger partial charge in [0, 0.05) is 0 Å². The van der Waals surface area contributed by atoms with Gasteiger partial charge in [0.1, 0.15) is 0 Å². The molecule has 1 nitrogen and oxygen atoms in total. The van der Waals surface area contributed by atoms with Gasteiger partial charge in [-0.3, -0.25) is 0 Å². The van der Waals surface area contributed by atoms with Gasteiger partial charge >= 0.3 is 0 Å². The molecule has 0 atom stereocenters. The summed E-state index contributed by atoms with van der Waals surface area (Å²) < 4.78 is 0. The van der Waals surface area contributed by atoms with Crippen molar-refractivity contribution < 1.29 is 5.11 Å². The van der Waals surface area contributed by atoms with Crippen LogP contribution in [0.3, 0.4) is 0 Å². The van der Waals surface area contributed by atoms with E-state index in [4.69, 9.17) is 39.9 Å². The topological polar surface area (TPSA) is 20.2 Å². The van der Waals surface area contributed by atoms with Crippen molar-refractivity contribution in [2.24, 2.45) is 0 Å². The van der Waals surface area contributed by atoms with Gasteiger partial charge in [0.05, 0.1) is 21.7 Å². The maximum Gasteiger partial charge on any atom is 0.0778 e. The molecule has 1 N–H and O–H groups in total. The van der Waals surface area contributed by atoms with E-state index >= 15 is 0 Å². The van der Waals surface area contributed by atoms with E-state index in [1.54, 1.807) is 24.3 Å². The minimum Gasteiger partial charge on any atom is -0.392 e. The Morgan fingerprint density at radius 1 is 1.15 bits per heavy atom. The van der Waals surface area contributed by atoms with Crippen LogP contribution in [0.5, 0.6) is 0 Å². The number of halogens is 3. The smallest absolute Gasteiger partial charge is 0.0778 e. The maximum absolute atomic E-state index is 8.54. The second-order valence-electron chi connectivity index (χ2n) is 2.38. The van der Waals surface area contributed by atoms with Crippen molar-refractivity contribution in [3.05, 3.63) is 38.8 Å². The molecule has 4 heteroatoms. The highest BCUT2D eigenvalue weighted by molar-refractivity contribution is 6.48. The van der Waals surface area contributed by atoms with Crippen LogP contribution in [-0.4, -0.2) is 11.7 Å². The first-order valence-corrected chi connectivity index (χ1v) is 4.70. The summed E-state index contributed by atoms with van der Waals surface area (Å²) in [5.74, 6) is 0. The van der Waals surface area contributed by atoms with Gasteiger partial charge in [-0.1, -0.05) is 47.0 Å². The number of benzene rings is 1. The molecule has 1 rings (SSSR count). The lowest BCUT2D eigenvalue weighted by molar-refractivity contribution is 0.343. The Morgan fingerprint density at radius 2 is 1.69 bits per heavy atom. The molecule has 0 spiro atoms. The zero-order valence-electron chi connectivity index (χ0n) is 6.60. The van der Waals surface area contributed by atoms with Gasteiger partial charge < -0.3 is 5.11 Å². The molecule has 0 fully saturated rings. The number of rotatable bonds is 2. The highest BCUT2D eigenvalue weighted by Crippen LogP contribution is 2.31. The molecule has 0 bridgehead atoms. The van der Waals surface area contributed by atoms with E-state index in [2.05, 4.69) is 0 Å². The maximum atomic E-state index is 8.54. The van der Waals surface area contributed by atoms with Gasteiger partial charge in [0.2, 0.25) is 0 Å². The molecule has 0 saturated carbocycles. The summed E-state index contributed by atoms with van der Waals surface area (Å²) in [6, 6.07) is 3.36. The number of hydrogen-bond donors (Lipinski definition) is 1. The summed E-state index contributed by atoms with van der Waals surface area (Å²) in [7, 11) is 0. The Kier molecular flexibility index (Phi) is 4.07. The van der Waals surface area contributed by atoms with Gasteiger partial charge in [0.25, 0.3) is 0 Å². The van der Waals surface area contributed by atoms with E-state index in [-0.39, 0.29) is 6.61 Å². The van der Waals surface area contributed by atoms with Crippen molar-refractivity contribution in [2.45, 2.75) is 0 Å². The molecular formula is C9H7Cl3O. The predicted octanol–water partition coefficient (Wildman–Crippen LogP) is 3.65. The Bertz CT molecular complexity index is 311. The Hall–Kier alpha value is -0.210. The van der Waals surface area contributed by atoms with Crippen LogP contribution in [-0.2, 0) is 0 Å². The first-order chi connectivity index (χ1) is 6.15. The lowest BCUT2D eigenvalue weighted by atomic mass is 10.2. The first-order valence-electron chi connectivity index (χ1n) is 3.57. The molecule has 0 heterocycles. The summed E-state index contributed by atoms with van der Waals surface area (Å²) >= 11 is 17.3. The molecule has 0 aliphatic heterocycles. The Balaban J connectivity index is 3.06. The Morgan fingerprint density at radius 3 is 2.15 bits per heavy atom. The fraction of sp³-hybridized carbons (Fsp3) is 0.111. The minimum absolute atomic E-state index is 0.0160. The van der Waals surface area contributed by atoms with Gasteiger partial charge in [-0.2, -0.15) is 0 Å². The Labute approximate surface area is 91.5 Å². The van der Waals surface area contributed by atoms with Crippen LogP contribution in [0.2, 0.25) is 15.1 Å². The lowest BCUT2D eigenvalue weighted by Crippen LogP contribution is -1.78. The van der Waals surface area contributed by atoms with E-state index in [0.717, 1.165) is 5.56 Å². The van der Waals surface area contributed by atoms with Gasteiger partial charge in [0.15, 0.2) is 0 Å². The van der Waals surface area contributed by atoms with Crippen molar-refractivity contribution in [1.82, 2.24) is 0 Å². The van der Waals surface area contributed by atoms with Crippen molar-refractivity contribution in [2.75, 3.05) is 6.61 Å². The summed E-state index contributed by atoms with van der Waals surface area (Å²) in [4.78, 5) is 0. The molecule has 0 saturated heterocycles. The van der Waals surface area contributed by atoms with Gasteiger partial charge in [-0.25, -0.2) is 0 Å². The van der Waals surface area contributed by atoms with Gasteiger partial charge in [-0.15, -0.1) is 0 Å². The highest BCUT2D eigenvalue weighted by atomic mass is 35.5. The zero-order chi connectivity index (χ0) is 9.84. The fourth-order valence-corrected chi connectivity index (χ4v) is 1.47. The molecule has 0 aliphatic rings. The van der Waals surface area contributed by atoms with Crippen molar-refractivity contribution in [3.8, 4) is 0 Å². The molecule has 1 aromatic rings. The SMILES string of the molecule is OCC=Cc1cc(Cl)c(Cl)c(Cl)c1. The van der Waals surface area contributed by atoms with E-state index in [0.29, 0.717) is 15.1 Å². The summed E-state index contributed by atoms with van der Waals surface area (Å²) in [6.45, 7) is -0.0160. The van der Waals surface area contributed by atoms with E-state index in [9.17, 15) is 0 Å². The molecule has 0 aliphatic carbocycles. The fourth-order valence-electron chi connectivity index (χ4n) is 0.860. The van der Waals surface area contributed by atoms with Gasteiger partial charge in [-0.05, 0) is 17.7 Å². The second-order valence-corrected chi connectivity index (χ2v) is 3.58. The summed E-state index contributed by atoms with van der Waals surface area (Å²) in [6.07, 6.45) is 3.31. The van der Waals surface area contributed by atoms with Crippen LogP contribution in [0.1, 0.15) is 5.56 Å². The van der Waals surface area contributed by atoms with Crippen LogP contribution in [0, 0.1) is 0 Å². The van der Waals surface area contributed by atoms with E-state index in [1.807, 2.05) is 0 Å². The normalized spacial score (nSPS) is 11.1. The molecule has 0 amide bonds. The molecule has 0 aromatic heterocycles. The third-order valence-corrected chi connectivity index (χ3v) is 2.62. The monoisotopic (exact) mass is 236 g/mol. The zero-order valence-corrected chi connectivity index (χ0v) is 8.87. The molecule has 0 radical (unpaired) electrons. The number of aliphatic hydroxyl groups excluding tert-OH is 1. The standard InChI is InChI=1S/C9H7Cl3O/c10-7-4-6(2-1-3-13)5-8(11)9(7)12/h1-2,4-5,13H,3H2.